The average molecular weight is 328 g/mol. The first-order valence-electron chi connectivity index (χ1n) is 6.13. The number of anilines is 1. The van der Waals surface area contributed by atoms with E-state index in [-0.39, 0.29) is 9.92 Å². The van der Waals surface area contributed by atoms with Gasteiger partial charge in [-0.15, -0.1) is 0 Å². The van der Waals surface area contributed by atoms with E-state index in [0.717, 1.165) is 0 Å². The number of benzene rings is 1. The van der Waals surface area contributed by atoms with Crippen molar-refractivity contribution in [1.29, 1.82) is 0 Å². The Kier molecular flexibility index (Phi) is 4.64. The molecule has 0 bridgehead atoms. The second kappa shape index (κ2) is 6.28. The zero-order valence-corrected chi connectivity index (χ0v) is 13.1. The summed E-state index contributed by atoms with van der Waals surface area (Å²) in [5.41, 5.74) is 0.291. The zero-order chi connectivity index (χ0) is 15.5. The molecule has 8 heteroatoms. The number of rotatable bonds is 5. The summed E-state index contributed by atoms with van der Waals surface area (Å²) in [5, 5.41) is 0.220. The van der Waals surface area contributed by atoms with Crippen LogP contribution < -0.4 is 9.46 Å². The molecule has 21 heavy (non-hydrogen) atoms. The third-order valence-corrected chi connectivity index (χ3v) is 4.38. The van der Waals surface area contributed by atoms with E-state index in [1.54, 1.807) is 0 Å². The summed E-state index contributed by atoms with van der Waals surface area (Å²) >= 11 is 5.94. The van der Waals surface area contributed by atoms with Crippen LogP contribution in [0.15, 0.2) is 35.5 Å². The third-order valence-electron chi connectivity index (χ3n) is 2.71. The van der Waals surface area contributed by atoms with Crippen molar-refractivity contribution in [3.05, 3.63) is 41.4 Å². The van der Waals surface area contributed by atoms with Gasteiger partial charge in [0.15, 0.2) is 0 Å². The lowest BCUT2D eigenvalue weighted by Crippen LogP contribution is -2.13. The Morgan fingerprint density at radius 3 is 2.48 bits per heavy atom. The van der Waals surface area contributed by atoms with Gasteiger partial charge in [-0.05, 0) is 18.2 Å². The maximum atomic E-state index is 12.2. The summed E-state index contributed by atoms with van der Waals surface area (Å²) in [4.78, 5) is 8.11. The predicted molar refractivity (Wildman–Crippen MR) is 80.2 cm³/mol. The van der Waals surface area contributed by atoms with E-state index < -0.39 is 10.0 Å². The normalized spacial score (nSPS) is 11.2. The van der Waals surface area contributed by atoms with Gasteiger partial charge >= 0.3 is 0 Å². The Morgan fingerprint density at radius 1 is 1.29 bits per heavy atom. The first-order valence-corrected chi connectivity index (χ1v) is 7.99. The molecule has 0 aliphatic carbocycles. The van der Waals surface area contributed by atoms with Gasteiger partial charge in [0, 0.05) is 6.42 Å². The van der Waals surface area contributed by atoms with Crippen LogP contribution in [0.2, 0.25) is 5.02 Å². The summed E-state index contributed by atoms with van der Waals surface area (Å²) in [5.74, 6) is 1.05. The minimum absolute atomic E-state index is 0.0351. The van der Waals surface area contributed by atoms with Crippen molar-refractivity contribution in [3.8, 4) is 5.75 Å². The lowest BCUT2D eigenvalue weighted by Gasteiger charge is -2.09. The van der Waals surface area contributed by atoms with Gasteiger partial charge in [0.25, 0.3) is 10.0 Å². The molecule has 2 rings (SSSR count). The monoisotopic (exact) mass is 327 g/mol. The van der Waals surface area contributed by atoms with Crippen molar-refractivity contribution >= 4 is 27.3 Å². The lowest BCUT2D eigenvalue weighted by molar-refractivity contribution is 0.414. The van der Waals surface area contributed by atoms with E-state index in [0.29, 0.717) is 23.7 Å². The highest BCUT2D eigenvalue weighted by Crippen LogP contribution is 2.27. The average Bonchev–Trinajstić information content (AvgIpc) is 2.47. The van der Waals surface area contributed by atoms with E-state index in [1.807, 2.05) is 6.92 Å². The van der Waals surface area contributed by atoms with E-state index in [9.17, 15) is 8.42 Å². The maximum absolute atomic E-state index is 12.2. The molecule has 0 atom stereocenters. The molecule has 1 aromatic heterocycles. The molecular formula is C13H14ClN3O3S. The number of hydrogen-bond donors (Lipinski definition) is 1. The molecule has 1 N–H and O–H groups in total. The minimum Gasteiger partial charge on any atom is -0.495 e. The largest absolute Gasteiger partial charge is 0.495 e. The topological polar surface area (TPSA) is 81.2 Å². The SMILES string of the molecule is CCc1ncc(NS(=O)(=O)c2ccc(OC)c(Cl)c2)cn1. The van der Waals surface area contributed by atoms with Crippen molar-refractivity contribution in [2.75, 3.05) is 11.8 Å². The predicted octanol–water partition coefficient (Wildman–Crippen LogP) is 2.50. The molecule has 112 valence electrons. The Hall–Kier alpha value is -1.86. The number of nitrogens with zero attached hydrogens (tertiary/aromatic N) is 2. The van der Waals surface area contributed by atoms with Crippen LogP contribution in [0.25, 0.3) is 0 Å². The maximum Gasteiger partial charge on any atom is 0.262 e. The Labute approximate surface area is 128 Å². The number of halogens is 1. The molecule has 0 spiro atoms. The molecule has 0 radical (unpaired) electrons. The molecule has 0 aliphatic heterocycles. The summed E-state index contributed by atoms with van der Waals surface area (Å²) in [6.07, 6.45) is 3.53. The molecule has 0 aliphatic rings. The zero-order valence-electron chi connectivity index (χ0n) is 11.5. The van der Waals surface area contributed by atoms with Gasteiger partial charge in [-0.1, -0.05) is 18.5 Å². The highest BCUT2D eigenvalue weighted by atomic mass is 35.5. The number of sulfonamides is 1. The Bertz CT molecular complexity index is 733. The summed E-state index contributed by atoms with van der Waals surface area (Å²) in [6, 6.07) is 4.23. The van der Waals surface area contributed by atoms with E-state index in [2.05, 4.69) is 14.7 Å². The van der Waals surface area contributed by atoms with Crippen molar-refractivity contribution in [3.63, 3.8) is 0 Å². The third kappa shape index (κ3) is 3.62. The van der Waals surface area contributed by atoms with E-state index in [1.165, 1.54) is 37.7 Å². The van der Waals surface area contributed by atoms with Gasteiger partial charge in [-0.25, -0.2) is 18.4 Å². The Morgan fingerprint density at radius 2 is 1.95 bits per heavy atom. The van der Waals surface area contributed by atoms with Gasteiger partial charge in [0.05, 0.1) is 35.1 Å². The number of aromatic nitrogens is 2. The molecular weight excluding hydrogens is 314 g/mol. The molecule has 1 aromatic carbocycles. The first-order chi connectivity index (χ1) is 9.96. The van der Waals surface area contributed by atoms with Crippen LogP contribution in [-0.4, -0.2) is 25.5 Å². The molecule has 0 saturated heterocycles. The summed E-state index contributed by atoms with van der Waals surface area (Å²) in [6.45, 7) is 1.92. The lowest BCUT2D eigenvalue weighted by atomic mass is 10.3. The van der Waals surface area contributed by atoms with Crippen LogP contribution >= 0.6 is 11.6 Å². The van der Waals surface area contributed by atoms with Gasteiger partial charge in [0.1, 0.15) is 11.6 Å². The smallest absolute Gasteiger partial charge is 0.262 e. The fourth-order valence-corrected chi connectivity index (χ4v) is 2.99. The number of nitrogens with one attached hydrogen (secondary N) is 1. The van der Waals surface area contributed by atoms with E-state index in [4.69, 9.17) is 16.3 Å². The fourth-order valence-electron chi connectivity index (χ4n) is 1.62. The van der Waals surface area contributed by atoms with Gasteiger partial charge in [-0.3, -0.25) is 4.72 Å². The number of hydrogen-bond acceptors (Lipinski definition) is 5. The standard InChI is InChI=1S/C13H14ClN3O3S/c1-3-13-15-7-9(8-16-13)17-21(18,19)10-4-5-12(20-2)11(14)6-10/h4-8,17H,3H2,1-2H3. The van der Waals surface area contributed by atoms with Crippen molar-refractivity contribution < 1.29 is 13.2 Å². The molecule has 0 amide bonds. The highest BCUT2D eigenvalue weighted by molar-refractivity contribution is 7.92. The summed E-state index contributed by atoms with van der Waals surface area (Å²) in [7, 11) is -2.29. The second-order valence-electron chi connectivity index (χ2n) is 4.14. The van der Waals surface area contributed by atoms with E-state index >= 15 is 0 Å². The van der Waals surface area contributed by atoms with Gasteiger partial charge in [-0.2, -0.15) is 0 Å². The molecule has 6 nitrogen and oxygen atoms in total. The number of ether oxygens (including phenoxy) is 1. The molecule has 0 saturated carbocycles. The van der Waals surface area contributed by atoms with Crippen molar-refractivity contribution in [2.45, 2.75) is 18.2 Å². The molecule has 0 unspecified atom stereocenters. The summed E-state index contributed by atoms with van der Waals surface area (Å²) < 4.78 is 31.9. The highest BCUT2D eigenvalue weighted by Gasteiger charge is 2.16. The minimum atomic E-state index is -3.75. The van der Waals surface area contributed by atoms with Gasteiger partial charge in [0.2, 0.25) is 0 Å². The molecule has 2 aromatic rings. The van der Waals surface area contributed by atoms with Crippen molar-refractivity contribution in [1.82, 2.24) is 9.97 Å². The van der Waals surface area contributed by atoms with Crippen molar-refractivity contribution in [2.24, 2.45) is 0 Å². The van der Waals surface area contributed by atoms with Crippen LogP contribution in [0.1, 0.15) is 12.7 Å². The van der Waals surface area contributed by atoms with Gasteiger partial charge < -0.3 is 4.74 Å². The molecule has 1 heterocycles. The number of aryl methyl sites for hydroxylation is 1. The van der Waals surface area contributed by atoms with Crippen LogP contribution in [0, 0.1) is 0 Å². The molecule has 0 fully saturated rings. The number of methoxy groups -OCH3 is 1. The van der Waals surface area contributed by atoms with Crippen LogP contribution in [0.4, 0.5) is 5.69 Å². The van der Waals surface area contributed by atoms with Crippen LogP contribution in [0.5, 0.6) is 5.75 Å². The fraction of sp³-hybridized carbons (Fsp3) is 0.231. The van der Waals surface area contributed by atoms with Crippen LogP contribution in [-0.2, 0) is 16.4 Å². The first kappa shape index (κ1) is 15.5. The second-order valence-corrected chi connectivity index (χ2v) is 6.23. The van der Waals surface area contributed by atoms with Crippen LogP contribution in [0.3, 0.4) is 0 Å². The quantitative estimate of drug-likeness (QED) is 0.912. The Balaban J connectivity index is 2.26.